The minimum atomic E-state index is -3.16. The van der Waals surface area contributed by atoms with Crippen molar-refractivity contribution in [1.82, 2.24) is 4.98 Å². The molecule has 1 saturated carbocycles. The average molecular weight is 519 g/mol. The summed E-state index contributed by atoms with van der Waals surface area (Å²) in [6.07, 6.45) is 2.82. The Kier molecular flexibility index (Phi) is 7.49. The van der Waals surface area contributed by atoms with E-state index in [0.29, 0.717) is 29.6 Å². The number of alkyl halides is 2. The lowest BCUT2D eigenvalue weighted by molar-refractivity contribution is -0.117. The molecule has 1 fully saturated rings. The Hall–Kier alpha value is -3.59. The van der Waals surface area contributed by atoms with Crippen LogP contribution in [0.5, 0.6) is 5.75 Å². The normalized spacial score (nSPS) is 17.5. The number of hydrogen-bond acceptors (Lipinski definition) is 4. The molecule has 1 aliphatic rings. The lowest BCUT2D eigenvalue weighted by atomic mass is 9.94. The van der Waals surface area contributed by atoms with Gasteiger partial charge in [0.05, 0.1) is 27.8 Å². The smallest absolute Gasteiger partial charge is 0.387 e. The highest BCUT2D eigenvalue weighted by Crippen LogP contribution is 2.45. The number of hydrogen-bond donors (Lipinski definition) is 2. The maximum Gasteiger partial charge on any atom is 0.387 e. The monoisotopic (exact) mass is 518 g/mol. The van der Waals surface area contributed by atoms with Gasteiger partial charge in [0, 0.05) is 17.4 Å². The van der Waals surface area contributed by atoms with Gasteiger partial charge in [-0.25, -0.2) is 9.18 Å². The van der Waals surface area contributed by atoms with E-state index in [1.165, 1.54) is 36.5 Å². The number of benzene rings is 2. The molecule has 36 heavy (non-hydrogen) atoms. The van der Waals surface area contributed by atoms with Crippen LogP contribution in [0.3, 0.4) is 0 Å². The van der Waals surface area contributed by atoms with Crippen molar-refractivity contribution in [3.63, 3.8) is 0 Å². The van der Waals surface area contributed by atoms with Crippen LogP contribution in [0.25, 0.3) is 11.1 Å². The SMILES string of the molecule is CC1CC1CC(C(=O)Nc1ccc(C(=O)O)cc1)c1ccc(-c2c(OC(F)F)ccc(Cl)c2F)cn1. The second-order valence-corrected chi connectivity index (χ2v) is 9.13. The summed E-state index contributed by atoms with van der Waals surface area (Å²) in [5, 5.41) is 11.6. The second kappa shape index (κ2) is 10.6. The minimum Gasteiger partial charge on any atom is -0.478 e. The number of aromatic carboxylic acids is 1. The molecule has 0 bridgehead atoms. The summed E-state index contributed by atoms with van der Waals surface area (Å²) in [5.74, 6) is -2.52. The van der Waals surface area contributed by atoms with Crippen LogP contribution in [-0.4, -0.2) is 28.6 Å². The molecule has 1 aromatic heterocycles. The first kappa shape index (κ1) is 25.5. The fourth-order valence-corrected chi connectivity index (χ4v) is 4.23. The van der Waals surface area contributed by atoms with Gasteiger partial charge in [-0.05, 0) is 67.1 Å². The summed E-state index contributed by atoms with van der Waals surface area (Å²) in [6, 6.07) is 11.1. The molecule has 188 valence electrons. The molecule has 2 N–H and O–H groups in total. The lowest BCUT2D eigenvalue weighted by Crippen LogP contribution is -2.23. The Morgan fingerprint density at radius 1 is 1.17 bits per heavy atom. The molecule has 0 spiro atoms. The van der Waals surface area contributed by atoms with Crippen LogP contribution in [0.1, 0.15) is 41.7 Å². The second-order valence-electron chi connectivity index (χ2n) is 8.72. The van der Waals surface area contributed by atoms with E-state index in [9.17, 15) is 22.8 Å². The van der Waals surface area contributed by atoms with Crippen LogP contribution < -0.4 is 10.1 Å². The minimum absolute atomic E-state index is 0.0945. The van der Waals surface area contributed by atoms with Crippen LogP contribution >= 0.6 is 11.6 Å². The number of pyridine rings is 1. The first-order valence-electron chi connectivity index (χ1n) is 11.2. The van der Waals surface area contributed by atoms with E-state index >= 15 is 0 Å². The Morgan fingerprint density at radius 3 is 2.42 bits per heavy atom. The topological polar surface area (TPSA) is 88.5 Å². The van der Waals surface area contributed by atoms with Crippen molar-refractivity contribution in [3.05, 3.63) is 76.8 Å². The van der Waals surface area contributed by atoms with Crippen molar-refractivity contribution in [1.29, 1.82) is 0 Å². The van der Waals surface area contributed by atoms with Gasteiger partial charge in [0.25, 0.3) is 0 Å². The van der Waals surface area contributed by atoms with E-state index in [4.69, 9.17) is 16.7 Å². The number of aromatic nitrogens is 1. The molecule has 3 aromatic rings. The van der Waals surface area contributed by atoms with Crippen LogP contribution in [0.4, 0.5) is 18.9 Å². The predicted octanol–water partition coefficient (Wildman–Crippen LogP) is 6.61. The number of rotatable bonds is 9. The maximum atomic E-state index is 14.7. The fraction of sp³-hybridized carbons (Fsp3) is 0.269. The average Bonchev–Trinajstić information content (AvgIpc) is 3.55. The van der Waals surface area contributed by atoms with Gasteiger partial charge in [-0.2, -0.15) is 8.78 Å². The number of nitrogens with zero attached hydrogens (tertiary/aromatic N) is 1. The molecule has 1 aliphatic carbocycles. The number of anilines is 1. The van der Waals surface area contributed by atoms with E-state index in [0.717, 1.165) is 18.6 Å². The van der Waals surface area contributed by atoms with Crippen molar-refractivity contribution in [2.24, 2.45) is 11.8 Å². The molecule has 10 heteroatoms. The van der Waals surface area contributed by atoms with Gasteiger partial charge in [-0.15, -0.1) is 0 Å². The summed E-state index contributed by atoms with van der Waals surface area (Å²) in [6.45, 7) is -1.07. The number of amides is 1. The van der Waals surface area contributed by atoms with Gasteiger partial charge in [-0.1, -0.05) is 24.6 Å². The fourth-order valence-electron chi connectivity index (χ4n) is 4.07. The van der Waals surface area contributed by atoms with Crippen molar-refractivity contribution in [2.45, 2.75) is 32.3 Å². The van der Waals surface area contributed by atoms with E-state index in [-0.39, 0.29) is 33.4 Å². The van der Waals surface area contributed by atoms with E-state index in [1.807, 2.05) is 0 Å². The third kappa shape index (κ3) is 5.79. The number of nitrogens with one attached hydrogen (secondary N) is 1. The van der Waals surface area contributed by atoms with Crippen molar-refractivity contribution >= 4 is 29.2 Å². The molecular weight excluding hydrogens is 497 g/mol. The zero-order valence-electron chi connectivity index (χ0n) is 19.1. The molecule has 4 rings (SSSR count). The zero-order valence-corrected chi connectivity index (χ0v) is 19.8. The highest BCUT2D eigenvalue weighted by atomic mass is 35.5. The first-order chi connectivity index (χ1) is 17.1. The molecular formula is C26H22ClF3N2O4. The van der Waals surface area contributed by atoms with Crippen LogP contribution in [0.2, 0.25) is 5.02 Å². The Bertz CT molecular complexity index is 1270. The molecule has 3 unspecified atom stereocenters. The van der Waals surface area contributed by atoms with Crippen molar-refractivity contribution < 1.29 is 32.6 Å². The molecule has 0 aliphatic heterocycles. The van der Waals surface area contributed by atoms with E-state index < -0.39 is 24.3 Å². The first-order valence-corrected chi connectivity index (χ1v) is 11.5. The largest absolute Gasteiger partial charge is 0.478 e. The molecule has 1 heterocycles. The van der Waals surface area contributed by atoms with Gasteiger partial charge in [-0.3, -0.25) is 9.78 Å². The summed E-state index contributed by atoms with van der Waals surface area (Å²) in [4.78, 5) is 28.6. The molecule has 3 atom stereocenters. The predicted molar refractivity (Wildman–Crippen MR) is 128 cm³/mol. The molecule has 0 saturated heterocycles. The maximum absolute atomic E-state index is 14.7. The third-order valence-corrected chi connectivity index (χ3v) is 6.53. The molecule has 1 amide bonds. The lowest BCUT2D eigenvalue weighted by Gasteiger charge is -2.18. The number of carbonyl (C=O) groups is 2. The number of carboxylic acid groups (broad SMARTS) is 1. The Labute approximate surface area is 210 Å². The number of halogens is 4. The van der Waals surface area contributed by atoms with Crippen LogP contribution in [0.15, 0.2) is 54.7 Å². The third-order valence-electron chi connectivity index (χ3n) is 6.24. The van der Waals surface area contributed by atoms with Crippen molar-refractivity contribution in [3.8, 4) is 16.9 Å². The van der Waals surface area contributed by atoms with E-state index in [1.54, 1.807) is 6.07 Å². The summed E-state index contributed by atoms with van der Waals surface area (Å²) in [7, 11) is 0. The molecule has 0 radical (unpaired) electrons. The van der Waals surface area contributed by atoms with Crippen LogP contribution in [0, 0.1) is 17.7 Å². The molecule has 2 aromatic carbocycles. The Morgan fingerprint density at radius 2 is 1.86 bits per heavy atom. The van der Waals surface area contributed by atoms with Gasteiger partial charge in [0.15, 0.2) is 5.82 Å². The zero-order chi connectivity index (χ0) is 26.0. The number of ether oxygens (including phenoxy) is 1. The van der Waals surface area contributed by atoms with Gasteiger partial charge >= 0.3 is 12.6 Å². The standard InChI is InChI=1S/C26H22ClF3N2O4/c1-13-10-16(13)11-18(24(33)32-17-5-2-14(3-6-17)25(34)35)20-8-4-15(12-31-20)22-21(36-26(29)30)9-7-19(27)23(22)28/h2-9,12-13,16,18,26H,10-11H2,1H3,(H,32,33)(H,34,35). The summed E-state index contributed by atoms with van der Waals surface area (Å²) < 4.78 is 44.9. The Balaban J connectivity index is 1.61. The van der Waals surface area contributed by atoms with Gasteiger partial charge in [0.2, 0.25) is 5.91 Å². The summed E-state index contributed by atoms with van der Waals surface area (Å²) >= 11 is 5.85. The number of carboxylic acids is 1. The summed E-state index contributed by atoms with van der Waals surface area (Å²) in [5.41, 5.74) is 0.869. The van der Waals surface area contributed by atoms with E-state index in [2.05, 4.69) is 22.0 Å². The highest BCUT2D eigenvalue weighted by molar-refractivity contribution is 6.31. The van der Waals surface area contributed by atoms with Gasteiger partial charge < -0.3 is 15.2 Å². The number of carbonyl (C=O) groups excluding carboxylic acids is 1. The molecule has 6 nitrogen and oxygen atoms in total. The van der Waals surface area contributed by atoms with Crippen molar-refractivity contribution in [2.75, 3.05) is 5.32 Å². The quantitative estimate of drug-likeness (QED) is 0.333. The van der Waals surface area contributed by atoms with Gasteiger partial charge in [0.1, 0.15) is 5.75 Å². The highest BCUT2D eigenvalue weighted by Gasteiger charge is 2.37. The van der Waals surface area contributed by atoms with Crippen LogP contribution in [-0.2, 0) is 4.79 Å².